The predicted octanol–water partition coefficient (Wildman–Crippen LogP) is 2.37. The summed E-state index contributed by atoms with van der Waals surface area (Å²) in [6, 6.07) is 14.0. The minimum absolute atomic E-state index is 0.00545. The van der Waals surface area contributed by atoms with Gasteiger partial charge in [-0.3, -0.25) is 44.1 Å². The molecular formula is C34H33N9O8S. The van der Waals surface area contributed by atoms with Gasteiger partial charge < -0.3 is 30.6 Å². The van der Waals surface area contributed by atoms with Gasteiger partial charge in [-0.1, -0.05) is 37.1 Å². The maximum Gasteiger partial charge on any atom is 0.266 e. The van der Waals surface area contributed by atoms with Crippen molar-refractivity contribution in [2.24, 2.45) is 5.73 Å². The number of fused-ring (bicyclic) bond motifs is 1. The lowest BCUT2D eigenvalue weighted by Crippen LogP contribution is -2.54. The molecule has 6 amide bonds. The zero-order chi connectivity index (χ0) is 36.8. The van der Waals surface area contributed by atoms with E-state index in [4.69, 9.17) is 15.2 Å². The van der Waals surface area contributed by atoms with E-state index in [1.165, 1.54) is 24.4 Å². The van der Waals surface area contributed by atoms with Crippen molar-refractivity contribution in [3.05, 3.63) is 77.5 Å². The number of aromatic nitrogens is 3. The number of imide groups is 2. The van der Waals surface area contributed by atoms with Crippen molar-refractivity contribution in [3.63, 3.8) is 0 Å². The molecule has 2 aliphatic heterocycles. The number of anilines is 3. The summed E-state index contributed by atoms with van der Waals surface area (Å²) in [4.78, 5) is 80.1. The Kier molecular flexibility index (Phi) is 10.6. The van der Waals surface area contributed by atoms with Gasteiger partial charge in [0, 0.05) is 41.4 Å². The number of primary amides is 1. The lowest BCUT2D eigenvalue weighted by Gasteiger charge is -2.27. The molecule has 1 saturated heterocycles. The van der Waals surface area contributed by atoms with Crippen LogP contribution in [0.1, 0.15) is 50.8 Å². The summed E-state index contributed by atoms with van der Waals surface area (Å²) in [6.45, 7) is 1.69. The number of H-pyrrole nitrogens is 1. The van der Waals surface area contributed by atoms with Crippen molar-refractivity contribution in [1.82, 2.24) is 30.7 Å². The van der Waals surface area contributed by atoms with Crippen molar-refractivity contribution >= 4 is 64.6 Å². The predicted molar refractivity (Wildman–Crippen MR) is 189 cm³/mol. The molecule has 7 N–H and O–H groups in total. The molecule has 2 aliphatic rings. The van der Waals surface area contributed by atoms with Crippen molar-refractivity contribution in [2.75, 3.05) is 35.6 Å². The van der Waals surface area contributed by atoms with E-state index in [-0.39, 0.29) is 60.1 Å². The number of nitrogens with zero attached hydrogens (tertiary/aromatic N) is 3. The number of nitrogens with one attached hydrogen (secondary N) is 5. The van der Waals surface area contributed by atoms with Crippen molar-refractivity contribution in [1.29, 1.82) is 0 Å². The molecule has 1 fully saturated rings. The third kappa shape index (κ3) is 7.65. The van der Waals surface area contributed by atoms with Crippen molar-refractivity contribution < 1.29 is 38.2 Å². The van der Waals surface area contributed by atoms with Gasteiger partial charge in [0.1, 0.15) is 24.0 Å². The SMILES string of the molecule is CCSNc1ccc(-c2[nH]nc(Nc3ccnc(OCCNC(=O)COc4cccc5c4C(=O)N(C4CCC(=O)NC4=O)C5=O)c3)c2C(N)=O)cc1. The van der Waals surface area contributed by atoms with E-state index >= 15 is 0 Å². The largest absolute Gasteiger partial charge is 0.483 e. The molecule has 2 aromatic carbocycles. The monoisotopic (exact) mass is 727 g/mol. The topological polar surface area (TPSA) is 240 Å². The molecule has 2 aromatic heterocycles. The smallest absolute Gasteiger partial charge is 0.266 e. The maximum atomic E-state index is 13.2. The van der Waals surface area contributed by atoms with E-state index in [0.717, 1.165) is 21.9 Å². The van der Waals surface area contributed by atoms with Gasteiger partial charge in [0.05, 0.1) is 23.4 Å². The fourth-order valence-corrected chi connectivity index (χ4v) is 6.04. The van der Waals surface area contributed by atoms with Crippen molar-refractivity contribution in [2.45, 2.75) is 25.8 Å². The molecule has 4 aromatic rings. The van der Waals surface area contributed by atoms with Gasteiger partial charge in [0.2, 0.25) is 17.7 Å². The minimum atomic E-state index is -1.13. The molecule has 1 atom stereocenters. The van der Waals surface area contributed by atoms with Gasteiger partial charge in [0.25, 0.3) is 23.6 Å². The van der Waals surface area contributed by atoms with Gasteiger partial charge >= 0.3 is 0 Å². The number of benzene rings is 2. The van der Waals surface area contributed by atoms with Crippen LogP contribution in [0, 0.1) is 0 Å². The number of pyridine rings is 1. The van der Waals surface area contributed by atoms with E-state index in [1.54, 1.807) is 24.1 Å². The summed E-state index contributed by atoms with van der Waals surface area (Å²) in [7, 11) is 0. The number of aromatic amines is 1. The number of rotatable bonds is 15. The maximum absolute atomic E-state index is 13.2. The average Bonchev–Trinajstić information content (AvgIpc) is 3.67. The van der Waals surface area contributed by atoms with Crippen LogP contribution in [-0.2, 0) is 14.4 Å². The lowest BCUT2D eigenvalue weighted by atomic mass is 10.0. The Morgan fingerprint density at radius 2 is 1.85 bits per heavy atom. The highest BCUT2D eigenvalue weighted by Gasteiger charge is 2.46. The average molecular weight is 728 g/mol. The molecular weight excluding hydrogens is 694 g/mol. The summed E-state index contributed by atoms with van der Waals surface area (Å²) in [5, 5.41) is 15.0. The van der Waals surface area contributed by atoms with Crippen LogP contribution < -0.4 is 35.9 Å². The second-order valence-corrected chi connectivity index (χ2v) is 12.5. The summed E-state index contributed by atoms with van der Waals surface area (Å²) in [5.74, 6) is -2.48. The summed E-state index contributed by atoms with van der Waals surface area (Å²) in [6.07, 6.45) is 1.50. The number of hydrogen-bond donors (Lipinski definition) is 6. The third-order valence-corrected chi connectivity index (χ3v) is 8.65. The van der Waals surface area contributed by atoms with E-state index in [2.05, 4.69) is 35.9 Å². The summed E-state index contributed by atoms with van der Waals surface area (Å²) < 4.78 is 14.5. The van der Waals surface area contributed by atoms with E-state index < -0.39 is 48.1 Å². The third-order valence-electron chi connectivity index (χ3n) is 7.98. The molecule has 0 aliphatic carbocycles. The summed E-state index contributed by atoms with van der Waals surface area (Å²) in [5.41, 5.74) is 8.49. The van der Waals surface area contributed by atoms with Crippen LogP contribution in [0.5, 0.6) is 11.6 Å². The van der Waals surface area contributed by atoms with Crippen LogP contribution in [0.15, 0.2) is 60.8 Å². The highest BCUT2D eigenvalue weighted by molar-refractivity contribution is 8.00. The number of carbonyl (C=O) groups excluding carboxylic acids is 6. The minimum Gasteiger partial charge on any atom is -0.483 e. The molecule has 18 heteroatoms. The molecule has 0 bridgehead atoms. The Balaban J connectivity index is 1.00. The second kappa shape index (κ2) is 15.6. The highest BCUT2D eigenvalue weighted by atomic mass is 32.2. The van der Waals surface area contributed by atoms with Crippen LogP contribution in [0.2, 0.25) is 0 Å². The second-order valence-electron chi connectivity index (χ2n) is 11.4. The molecule has 268 valence electrons. The number of ether oxygens (including phenoxy) is 2. The Morgan fingerprint density at radius 1 is 1.04 bits per heavy atom. The number of amides is 6. The van der Waals surface area contributed by atoms with Gasteiger partial charge in [-0.05, 0) is 36.8 Å². The zero-order valence-corrected chi connectivity index (χ0v) is 28.5. The molecule has 17 nitrogen and oxygen atoms in total. The quantitative estimate of drug-likeness (QED) is 0.0587. The molecule has 0 radical (unpaired) electrons. The Morgan fingerprint density at radius 3 is 2.60 bits per heavy atom. The molecule has 6 rings (SSSR count). The first-order valence-corrected chi connectivity index (χ1v) is 17.1. The molecule has 0 saturated carbocycles. The standard InChI is InChI=1S/C34H33N9O8S/c1-2-52-42-19-8-6-18(7-9-19)29-28(30(35)46)31(41-40-29)38-20-12-13-37-26(16-20)50-15-14-36-25(45)17-51-23-5-3-4-21-27(23)34(49)43(33(21)48)22-10-11-24(44)39-32(22)47/h3-9,12-13,16,22,42H,2,10-11,14-15,17H2,1H3,(H2,35,46)(H,36,45)(H,39,44,47)(H2,37,38,40,41). The van der Waals surface area contributed by atoms with E-state index in [1.807, 2.05) is 31.2 Å². The summed E-state index contributed by atoms with van der Waals surface area (Å²) >= 11 is 1.57. The number of nitrogens with two attached hydrogens (primary N) is 1. The number of hydrogen-bond acceptors (Lipinski definition) is 13. The number of piperidine rings is 1. The first-order valence-electron chi connectivity index (χ1n) is 16.1. The number of carbonyl (C=O) groups is 6. The van der Waals surface area contributed by atoms with E-state index in [0.29, 0.717) is 11.4 Å². The first kappa shape index (κ1) is 35.4. The molecule has 52 heavy (non-hydrogen) atoms. The lowest BCUT2D eigenvalue weighted by molar-refractivity contribution is -0.136. The van der Waals surface area contributed by atoms with Crippen LogP contribution in [0.4, 0.5) is 17.2 Å². The fourth-order valence-electron chi connectivity index (χ4n) is 5.59. The Bertz CT molecular complexity index is 2050. The van der Waals surface area contributed by atoms with Crippen LogP contribution >= 0.6 is 11.9 Å². The zero-order valence-electron chi connectivity index (χ0n) is 27.7. The van der Waals surface area contributed by atoms with Crippen LogP contribution in [-0.4, -0.2) is 87.1 Å². The Labute approximate surface area is 300 Å². The molecule has 1 unspecified atom stereocenters. The van der Waals surface area contributed by atoms with E-state index in [9.17, 15) is 28.8 Å². The normalized spacial score (nSPS) is 15.2. The van der Waals surface area contributed by atoms with Crippen molar-refractivity contribution in [3.8, 4) is 22.9 Å². The highest BCUT2D eigenvalue weighted by Crippen LogP contribution is 2.34. The van der Waals surface area contributed by atoms with Gasteiger partial charge in [-0.2, -0.15) is 5.10 Å². The van der Waals surface area contributed by atoms with Gasteiger partial charge in [-0.15, -0.1) is 0 Å². The molecule has 0 spiro atoms. The fraction of sp³-hybridized carbons (Fsp3) is 0.235. The van der Waals surface area contributed by atoms with Crippen LogP contribution in [0.3, 0.4) is 0 Å². The Hall–Kier alpha value is -6.43. The first-order chi connectivity index (χ1) is 25.1. The van der Waals surface area contributed by atoms with Crippen LogP contribution in [0.25, 0.3) is 11.3 Å². The van der Waals surface area contributed by atoms with Gasteiger partial charge in [0.15, 0.2) is 12.4 Å². The van der Waals surface area contributed by atoms with Gasteiger partial charge in [-0.25, -0.2) is 4.98 Å². The molecule has 4 heterocycles.